The topological polar surface area (TPSA) is 17.1 Å². The van der Waals surface area contributed by atoms with Crippen molar-refractivity contribution in [2.24, 2.45) is 0 Å². The lowest BCUT2D eigenvalue weighted by atomic mass is 10.2. The normalized spacial score (nSPS) is 10.2. The number of Topliss-reactive ketones (excluding diaryl/α,β-unsaturated/α-hetero) is 1. The van der Waals surface area contributed by atoms with Gasteiger partial charge < -0.3 is 0 Å². The van der Waals surface area contributed by atoms with E-state index in [9.17, 15) is 9.18 Å². The lowest BCUT2D eigenvalue weighted by molar-refractivity contribution is 0.102. The zero-order chi connectivity index (χ0) is 12.1. The van der Waals surface area contributed by atoms with Crippen molar-refractivity contribution >= 4 is 17.5 Å². The Kier molecular flexibility index (Phi) is 3.94. The first kappa shape index (κ1) is 11.9. The molecule has 0 bridgehead atoms. The maximum absolute atomic E-state index is 13.3. The first-order chi connectivity index (χ1) is 8.27. The van der Waals surface area contributed by atoms with Crippen LogP contribution >= 0.6 is 11.8 Å². The Labute approximate surface area is 104 Å². The molecule has 2 rings (SSSR count). The molecule has 0 saturated carbocycles. The minimum absolute atomic E-state index is 0.0128. The third-order valence-electron chi connectivity index (χ3n) is 2.29. The van der Waals surface area contributed by atoms with Crippen LogP contribution in [0.5, 0.6) is 0 Å². The molecule has 0 unspecified atom stereocenters. The molecule has 0 fully saturated rings. The van der Waals surface area contributed by atoms with Gasteiger partial charge in [0.25, 0.3) is 0 Å². The van der Waals surface area contributed by atoms with Gasteiger partial charge in [-0.1, -0.05) is 42.5 Å². The van der Waals surface area contributed by atoms with Crippen LogP contribution < -0.4 is 0 Å². The minimum atomic E-state index is -0.279. The average molecular weight is 246 g/mol. The summed E-state index contributed by atoms with van der Waals surface area (Å²) in [5, 5.41) is 0. The van der Waals surface area contributed by atoms with Crippen LogP contribution in [-0.2, 0) is 0 Å². The molecule has 86 valence electrons. The second kappa shape index (κ2) is 5.64. The molecule has 2 aromatic carbocycles. The molecule has 3 heteroatoms. The fourth-order valence-electron chi connectivity index (χ4n) is 1.41. The zero-order valence-electron chi connectivity index (χ0n) is 9.10. The van der Waals surface area contributed by atoms with E-state index in [0.29, 0.717) is 10.5 Å². The highest BCUT2D eigenvalue weighted by Crippen LogP contribution is 2.22. The van der Waals surface area contributed by atoms with Crippen LogP contribution in [0.15, 0.2) is 59.5 Å². The molecule has 0 amide bonds. The Morgan fingerprint density at radius 1 is 1.00 bits per heavy atom. The Balaban J connectivity index is 2.00. The molecule has 0 saturated heterocycles. The van der Waals surface area contributed by atoms with Crippen molar-refractivity contribution in [1.29, 1.82) is 0 Å². The molecule has 0 heterocycles. The van der Waals surface area contributed by atoms with Gasteiger partial charge >= 0.3 is 0 Å². The number of thioether (sulfide) groups is 1. The molecule has 0 aliphatic carbocycles. The van der Waals surface area contributed by atoms with Gasteiger partial charge in [-0.15, -0.1) is 11.8 Å². The van der Waals surface area contributed by atoms with Gasteiger partial charge in [-0.3, -0.25) is 4.79 Å². The van der Waals surface area contributed by atoms with Crippen LogP contribution in [0.25, 0.3) is 0 Å². The van der Waals surface area contributed by atoms with Gasteiger partial charge in [-0.2, -0.15) is 0 Å². The van der Waals surface area contributed by atoms with Gasteiger partial charge in [0.05, 0.1) is 5.75 Å². The SMILES string of the molecule is O=C(CSc1ccccc1F)c1ccccc1. The van der Waals surface area contributed by atoms with E-state index in [4.69, 9.17) is 0 Å². The van der Waals surface area contributed by atoms with Gasteiger partial charge in [0.15, 0.2) is 5.78 Å². The lowest BCUT2D eigenvalue weighted by Gasteiger charge is -2.02. The largest absolute Gasteiger partial charge is 0.293 e. The van der Waals surface area contributed by atoms with Crippen LogP contribution in [-0.4, -0.2) is 11.5 Å². The Hall–Kier alpha value is -1.61. The molecule has 0 aliphatic rings. The quantitative estimate of drug-likeness (QED) is 0.603. The van der Waals surface area contributed by atoms with E-state index in [1.807, 2.05) is 18.2 Å². The van der Waals surface area contributed by atoms with Crippen molar-refractivity contribution < 1.29 is 9.18 Å². The predicted octanol–water partition coefficient (Wildman–Crippen LogP) is 3.80. The van der Waals surface area contributed by atoms with Gasteiger partial charge in [0, 0.05) is 10.5 Å². The molecular formula is C14H11FOS. The third kappa shape index (κ3) is 3.17. The van der Waals surface area contributed by atoms with Crippen molar-refractivity contribution in [3.05, 3.63) is 66.0 Å². The maximum atomic E-state index is 13.3. The van der Waals surface area contributed by atoms with E-state index < -0.39 is 0 Å². The van der Waals surface area contributed by atoms with E-state index in [1.54, 1.807) is 30.3 Å². The molecular weight excluding hydrogens is 235 g/mol. The number of rotatable bonds is 4. The zero-order valence-corrected chi connectivity index (χ0v) is 9.91. The van der Waals surface area contributed by atoms with Gasteiger partial charge in [0.2, 0.25) is 0 Å². The van der Waals surface area contributed by atoms with E-state index in [0.717, 1.165) is 0 Å². The van der Waals surface area contributed by atoms with Crippen LogP contribution in [0.3, 0.4) is 0 Å². The van der Waals surface area contributed by atoms with Crippen LogP contribution in [0.2, 0.25) is 0 Å². The van der Waals surface area contributed by atoms with Crippen LogP contribution in [0.4, 0.5) is 4.39 Å². The van der Waals surface area contributed by atoms with E-state index in [1.165, 1.54) is 17.8 Å². The molecule has 0 radical (unpaired) electrons. The van der Waals surface area contributed by atoms with E-state index in [2.05, 4.69) is 0 Å². The highest BCUT2D eigenvalue weighted by Gasteiger charge is 2.07. The number of carbonyl (C=O) groups excluding carboxylic acids is 1. The first-order valence-electron chi connectivity index (χ1n) is 5.23. The lowest BCUT2D eigenvalue weighted by Crippen LogP contribution is -2.01. The summed E-state index contributed by atoms with van der Waals surface area (Å²) in [6, 6.07) is 15.5. The fraction of sp³-hybridized carbons (Fsp3) is 0.0714. The van der Waals surface area contributed by atoms with E-state index >= 15 is 0 Å². The molecule has 1 nitrogen and oxygen atoms in total. The standard InChI is InChI=1S/C14H11FOS/c15-12-8-4-5-9-14(12)17-10-13(16)11-6-2-1-3-7-11/h1-9H,10H2. The average Bonchev–Trinajstić information content (AvgIpc) is 2.38. The molecule has 0 N–H and O–H groups in total. The maximum Gasteiger partial charge on any atom is 0.173 e. The number of hydrogen-bond donors (Lipinski definition) is 0. The smallest absolute Gasteiger partial charge is 0.173 e. The van der Waals surface area contributed by atoms with Gasteiger partial charge in [-0.25, -0.2) is 4.39 Å². The van der Waals surface area contributed by atoms with Crippen molar-refractivity contribution in [2.45, 2.75) is 4.90 Å². The number of hydrogen-bond acceptors (Lipinski definition) is 2. The monoisotopic (exact) mass is 246 g/mol. The number of carbonyl (C=O) groups is 1. The van der Waals surface area contributed by atoms with Crippen molar-refractivity contribution in [3.8, 4) is 0 Å². The number of halogens is 1. The summed E-state index contributed by atoms with van der Waals surface area (Å²) < 4.78 is 13.3. The molecule has 0 aliphatic heterocycles. The van der Waals surface area contributed by atoms with Crippen molar-refractivity contribution in [3.63, 3.8) is 0 Å². The highest BCUT2D eigenvalue weighted by molar-refractivity contribution is 8.00. The molecule has 17 heavy (non-hydrogen) atoms. The Morgan fingerprint density at radius 2 is 1.65 bits per heavy atom. The summed E-state index contributed by atoms with van der Waals surface area (Å²) in [5.74, 6) is -0.0116. The molecule has 0 spiro atoms. The number of benzene rings is 2. The fourth-order valence-corrected chi connectivity index (χ4v) is 2.25. The second-order valence-corrected chi connectivity index (χ2v) is 4.53. The van der Waals surface area contributed by atoms with Crippen LogP contribution in [0.1, 0.15) is 10.4 Å². The number of ketones is 1. The summed E-state index contributed by atoms with van der Waals surface area (Å²) in [4.78, 5) is 12.3. The third-order valence-corrected chi connectivity index (χ3v) is 3.34. The summed E-state index contributed by atoms with van der Waals surface area (Å²) >= 11 is 1.23. The first-order valence-corrected chi connectivity index (χ1v) is 6.21. The summed E-state index contributed by atoms with van der Waals surface area (Å²) in [6.07, 6.45) is 0. The Morgan fingerprint density at radius 3 is 2.35 bits per heavy atom. The summed E-state index contributed by atoms with van der Waals surface area (Å²) in [7, 11) is 0. The van der Waals surface area contributed by atoms with Gasteiger partial charge in [0.1, 0.15) is 5.82 Å². The molecule has 0 atom stereocenters. The molecule has 0 aromatic heterocycles. The second-order valence-electron chi connectivity index (χ2n) is 3.51. The van der Waals surface area contributed by atoms with E-state index in [-0.39, 0.29) is 17.4 Å². The molecule has 2 aromatic rings. The van der Waals surface area contributed by atoms with Crippen molar-refractivity contribution in [2.75, 3.05) is 5.75 Å². The predicted molar refractivity (Wildman–Crippen MR) is 67.9 cm³/mol. The minimum Gasteiger partial charge on any atom is -0.293 e. The Bertz CT molecular complexity index is 511. The summed E-state index contributed by atoms with van der Waals surface area (Å²) in [6.45, 7) is 0. The summed E-state index contributed by atoms with van der Waals surface area (Å²) in [5.41, 5.74) is 0.663. The highest BCUT2D eigenvalue weighted by atomic mass is 32.2. The van der Waals surface area contributed by atoms with Crippen molar-refractivity contribution in [1.82, 2.24) is 0 Å². The van der Waals surface area contributed by atoms with Gasteiger partial charge in [-0.05, 0) is 12.1 Å². The van der Waals surface area contributed by atoms with Crippen LogP contribution in [0, 0.1) is 5.82 Å².